The van der Waals surface area contributed by atoms with Crippen molar-refractivity contribution in [3.05, 3.63) is 10.4 Å². The van der Waals surface area contributed by atoms with Crippen molar-refractivity contribution in [3.63, 3.8) is 0 Å². The highest BCUT2D eigenvalue weighted by molar-refractivity contribution is 5.68. The molecule has 0 saturated carbocycles. The lowest BCUT2D eigenvalue weighted by molar-refractivity contribution is -0.300. The predicted molar refractivity (Wildman–Crippen MR) is 81.0 cm³/mol. The third kappa shape index (κ3) is 6.57. The van der Waals surface area contributed by atoms with E-state index in [1.807, 2.05) is 0 Å². The highest BCUT2D eigenvalue weighted by Crippen LogP contribution is 2.29. The Kier molecular flexibility index (Phi) is 8.12. The van der Waals surface area contributed by atoms with E-state index >= 15 is 0 Å². The Balaban J connectivity index is 3.04. The van der Waals surface area contributed by atoms with Crippen LogP contribution in [0.1, 0.15) is 27.7 Å². The van der Waals surface area contributed by atoms with Gasteiger partial charge in [-0.2, -0.15) is 0 Å². The third-order valence-electron chi connectivity index (χ3n) is 3.17. The minimum atomic E-state index is -1.16. The first-order valence-electron chi connectivity index (χ1n) is 7.55. The molecule has 1 saturated heterocycles. The van der Waals surface area contributed by atoms with Gasteiger partial charge in [0.25, 0.3) is 0 Å². The van der Waals surface area contributed by atoms with E-state index < -0.39 is 48.6 Å². The molecule has 5 atom stereocenters. The SMILES string of the molecule is CC(=O)O[C@H]1[C@@H](OC(C)=O)[C@@H](C)O[C@H](OCCN=[N+]=[N-])[C@@H]1OC(C)=O. The monoisotopic (exact) mass is 359 g/mol. The zero-order valence-electron chi connectivity index (χ0n) is 14.4. The van der Waals surface area contributed by atoms with Crippen molar-refractivity contribution in [2.75, 3.05) is 13.2 Å². The molecule has 1 rings (SSSR count). The molecule has 1 aliphatic heterocycles. The molecule has 25 heavy (non-hydrogen) atoms. The van der Waals surface area contributed by atoms with Gasteiger partial charge in [-0.25, -0.2) is 0 Å². The van der Waals surface area contributed by atoms with Crippen molar-refractivity contribution < 1.29 is 38.1 Å². The zero-order chi connectivity index (χ0) is 19.0. The lowest BCUT2D eigenvalue weighted by Crippen LogP contribution is -2.61. The minimum Gasteiger partial charge on any atom is -0.456 e. The summed E-state index contributed by atoms with van der Waals surface area (Å²) in [6.07, 6.45) is -5.05. The molecule has 0 bridgehead atoms. The lowest BCUT2D eigenvalue weighted by atomic mass is 9.99. The fourth-order valence-electron chi connectivity index (χ4n) is 2.36. The number of esters is 3. The zero-order valence-corrected chi connectivity index (χ0v) is 14.4. The van der Waals surface area contributed by atoms with Crippen molar-refractivity contribution >= 4 is 17.9 Å². The van der Waals surface area contributed by atoms with Crippen LogP contribution >= 0.6 is 0 Å². The van der Waals surface area contributed by atoms with Crippen LogP contribution in [0.3, 0.4) is 0 Å². The molecular formula is C14H21N3O8. The second kappa shape index (κ2) is 9.82. The Morgan fingerprint density at radius 2 is 1.52 bits per heavy atom. The van der Waals surface area contributed by atoms with E-state index in [1.165, 1.54) is 20.8 Å². The quantitative estimate of drug-likeness (QED) is 0.162. The van der Waals surface area contributed by atoms with Gasteiger partial charge < -0.3 is 23.7 Å². The van der Waals surface area contributed by atoms with E-state index in [0.717, 1.165) is 0 Å². The van der Waals surface area contributed by atoms with Gasteiger partial charge in [0.15, 0.2) is 24.6 Å². The normalized spacial score (nSPS) is 28.4. The van der Waals surface area contributed by atoms with Crippen LogP contribution in [-0.2, 0) is 38.1 Å². The smallest absolute Gasteiger partial charge is 0.303 e. The summed E-state index contributed by atoms with van der Waals surface area (Å²) in [5.74, 6) is -1.92. The lowest BCUT2D eigenvalue weighted by Gasteiger charge is -2.43. The van der Waals surface area contributed by atoms with Crippen LogP contribution < -0.4 is 0 Å². The van der Waals surface area contributed by atoms with Crippen molar-refractivity contribution in [1.29, 1.82) is 0 Å². The third-order valence-corrected chi connectivity index (χ3v) is 3.17. The first-order valence-corrected chi connectivity index (χ1v) is 7.55. The maximum atomic E-state index is 11.4. The highest BCUT2D eigenvalue weighted by atomic mass is 16.7. The first-order chi connectivity index (χ1) is 11.8. The van der Waals surface area contributed by atoms with Crippen LogP contribution in [0.25, 0.3) is 10.4 Å². The predicted octanol–water partition coefficient (Wildman–Crippen LogP) is 0.853. The van der Waals surface area contributed by atoms with E-state index in [9.17, 15) is 14.4 Å². The second-order valence-electron chi connectivity index (χ2n) is 5.26. The summed E-state index contributed by atoms with van der Waals surface area (Å²) in [6.45, 7) is 5.15. The Hall–Kier alpha value is -2.36. The van der Waals surface area contributed by atoms with E-state index in [2.05, 4.69) is 10.0 Å². The van der Waals surface area contributed by atoms with Gasteiger partial charge in [0.1, 0.15) is 0 Å². The van der Waals surface area contributed by atoms with Gasteiger partial charge in [0, 0.05) is 32.2 Å². The van der Waals surface area contributed by atoms with Crippen molar-refractivity contribution in [1.82, 2.24) is 0 Å². The summed E-state index contributed by atoms with van der Waals surface area (Å²) in [5.41, 5.74) is 8.27. The number of azide groups is 1. The molecular weight excluding hydrogens is 338 g/mol. The van der Waals surface area contributed by atoms with Crippen molar-refractivity contribution in [2.45, 2.75) is 58.4 Å². The fourth-order valence-corrected chi connectivity index (χ4v) is 2.36. The molecule has 0 N–H and O–H groups in total. The number of hydrogen-bond acceptors (Lipinski definition) is 9. The second-order valence-corrected chi connectivity index (χ2v) is 5.26. The molecule has 11 heteroatoms. The standard InChI is InChI=1S/C14H21N3O8/c1-7-11(23-8(2)18)12(24-9(3)19)13(25-10(4)20)14(22-7)21-6-5-16-17-15/h7,11-14H,5-6H2,1-4H3/t7-,11+,12+,13-,14+/m1/s1. The number of ether oxygens (including phenoxy) is 5. The number of carbonyl (C=O) groups is 3. The van der Waals surface area contributed by atoms with Crippen LogP contribution in [0.2, 0.25) is 0 Å². The minimum absolute atomic E-state index is 0.00969. The van der Waals surface area contributed by atoms with E-state index in [0.29, 0.717) is 0 Å². The summed E-state index contributed by atoms with van der Waals surface area (Å²) in [4.78, 5) is 36.8. The van der Waals surface area contributed by atoms with Crippen LogP contribution in [-0.4, -0.2) is 61.8 Å². The van der Waals surface area contributed by atoms with Crippen molar-refractivity contribution in [3.8, 4) is 0 Å². The molecule has 1 fully saturated rings. The summed E-state index contributed by atoms with van der Waals surface area (Å²) < 4.78 is 26.6. The van der Waals surface area contributed by atoms with E-state index in [4.69, 9.17) is 29.2 Å². The Labute approximate surface area is 144 Å². The summed E-state index contributed by atoms with van der Waals surface area (Å²) in [7, 11) is 0. The van der Waals surface area contributed by atoms with E-state index in [1.54, 1.807) is 6.92 Å². The van der Waals surface area contributed by atoms with Gasteiger partial charge in [-0.1, -0.05) is 5.11 Å². The number of carbonyl (C=O) groups excluding carboxylic acids is 3. The summed E-state index contributed by atoms with van der Waals surface area (Å²) in [5, 5.41) is 3.32. The molecule has 0 spiro atoms. The molecule has 0 aromatic heterocycles. The molecule has 0 unspecified atom stereocenters. The molecule has 1 aliphatic rings. The fraction of sp³-hybridized carbons (Fsp3) is 0.786. The molecule has 1 heterocycles. The Morgan fingerprint density at radius 3 is 2.04 bits per heavy atom. The molecule has 0 aromatic rings. The van der Waals surface area contributed by atoms with Crippen LogP contribution in [0.5, 0.6) is 0 Å². The average molecular weight is 359 g/mol. The van der Waals surface area contributed by atoms with Crippen LogP contribution in [0, 0.1) is 0 Å². The number of nitrogens with zero attached hydrogens (tertiary/aromatic N) is 3. The largest absolute Gasteiger partial charge is 0.456 e. The van der Waals surface area contributed by atoms with Gasteiger partial charge in [0.2, 0.25) is 0 Å². The Morgan fingerprint density at radius 1 is 1.00 bits per heavy atom. The topological polar surface area (TPSA) is 146 Å². The van der Waals surface area contributed by atoms with Crippen molar-refractivity contribution in [2.24, 2.45) is 5.11 Å². The number of rotatable bonds is 7. The molecule has 11 nitrogen and oxygen atoms in total. The highest BCUT2D eigenvalue weighted by Gasteiger charge is 2.50. The molecule has 0 amide bonds. The van der Waals surface area contributed by atoms with E-state index in [-0.39, 0.29) is 13.2 Å². The maximum Gasteiger partial charge on any atom is 0.303 e. The molecule has 0 aliphatic carbocycles. The summed E-state index contributed by atoms with van der Waals surface area (Å²) in [6, 6.07) is 0. The molecule has 140 valence electrons. The first kappa shape index (κ1) is 20.7. The van der Waals surface area contributed by atoms with Gasteiger partial charge >= 0.3 is 17.9 Å². The van der Waals surface area contributed by atoms with Crippen LogP contribution in [0.4, 0.5) is 0 Å². The maximum absolute atomic E-state index is 11.4. The van der Waals surface area contributed by atoms with Crippen LogP contribution in [0.15, 0.2) is 5.11 Å². The van der Waals surface area contributed by atoms with Gasteiger partial charge in [-0.15, -0.1) is 0 Å². The average Bonchev–Trinajstić information content (AvgIpc) is 2.49. The van der Waals surface area contributed by atoms with Gasteiger partial charge in [-0.3, -0.25) is 14.4 Å². The van der Waals surface area contributed by atoms with Gasteiger partial charge in [0.05, 0.1) is 12.7 Å². The number of hydrogen-bond donors (Lipinski definition) is 0. The summed E-state index contributed by atoms with van der Waals surface area (Å²) >= 11 is 0. The molecule has 0 radical (unpaired) electrons. The molecule has 0 aromatic carbocycles. The Bertz CT molecular complexity index is 548. The van der Waals surface area contributed by atoms with Gasteiger partial charge in [-0.05, 0) is 12.5 Å².